The van der Waals surface area contributed by atoms with Crippen molar-refractivity contribution in [2.75, 3.05) is 6.54 Å². The second-order valence-corrected chi connectivity index (χ2v) is 2.27. The Bertz CT molecular complexity index is 177. The lowest BCUT2D eigenvalue weighted by atomic mass is 10.2. The van der Waals surface area contributed by atoms with Crippen LogP contribution >= 0.6 is 0 Å². The molecule has 4 heteroatoms. The van der Waals surface area contributed by atoms with Gasteiger partial charge in [-0.2, -0.15) is 0 Å². The fourth-order valence-electron chi connectivity index (χ4n) is 0.908. The first-order valence-corrected chi connectivity index (χ1v) is 3.18. The highest BCUT2D eigenvalue weighted by atomic mass is 16.4. The van der Waals surface area contributed by atoms with Gasteiger partial charge in [0.05, 0.1) is 17.8 Å². The van der Waals surface area contributed by atoms with E-state index in [1.165, 1.54) is 0 Å². The minimum atomic E-state index is -1.05. The third kappa shape index (κ3) is 2.57. The van der Waals surface area contributed by atoms with E-state index in [0.29, 0.717) is 18.8 Å². The zero-order valence-corrected chi connectivity index (χ0v) is 5.76. The number of carboxylic acids is 1. The molecule has 1 heterocycles. The number of carbonyl (C=O) groups is 1. The van der Waals surface area contributed by atoms with Gasteiger partial charge in [0.1, 0.15) is 0 Å². The predicted molar refractivity (Wildman–Crippen MR) is 41.3 cm³/mol. The number of nitrogens with zero attached hydrogens (tertiary/aromatic N) is 1. The first-order chi connectivity index (χ1) is 4.70. The Labute approximate surface area is 66.3 Å². The van der Waals surface area contributed by atoms with E-state index in [1.807, 2.05) is 0 Å². The molecule has 64 valence electrons. The molecule has 1 atom stereocenters. The summed E-state index contributed by atoms with van der Waals surface area (Å²) in [6.45, 7) is 2.33. The van der Waals surface area contributed by atoms with Gasteiger partial charge in [-0.05, 0) is 13.3 Å². The monoisotopic (exact) mass is 157 g/mol. The van der Waals surface area contributed by atoms with Gasteiger partial charge in [-0.1, -0.05) is 7.43 Å². The summed E-state index contributed by atoms with van der Waals surface area (Å²) in [6, 6.07) is -0.544. The molecular weight excluding hydrogens is 144 g/mol. The van der Waals surface area contributed by atoms with Crippen LogP contribution in [0.1, 0.15) is 20.8 Å². The highest BCUT2D eigenvalue weighted by Gasteiger charge is 2.12. The third-order valence-corrected chi connectivity index (χ3v) is 1.43. The second-order valence-electron chi connectivity index (χ2n) is 2.27. The number of rotatable bonds is 1. The van der Waals surface area contributed by atoms with Crippen molar-refractivity contribution < 1.29 is 9.90 Å². The summed E-state index contributed by atoms with van der Waals surface area (Å²) < 4.78 is 0. The van der Waals surface area contributed by atoms with E-state index in [0.717, 1.165) is 0 Å². The summed E-state index contributed by atoms with van der Waals surface area (Å²) in [6.07, 6.45) is 0.527. The van der Waals surface area contributed by atoms with Crippen molar-refractivity contribution in [3.63, 3.8) is 0 Å². The van der Waals surface area contributed by atoms with Crippen LogP contribution in [0.15, 0.2) is 4.99 Å². The quantitative estimate of drug-likeness (QED) is 0.539. The summed E-state index contributed by atoms with van der Waals surface area (Å²) in [5, 5.41) is 13.0. The van der Waals surface area contributed by atoms with Gasteiger partial charge >= 0.3 is 0 Å². The molecule has 0 spiro atoms. The Balaban J connectivity index is 0.000001000. The molecule has 0 amide bonds. The Morgan fingerprint density at radius 3 is 2.82 bits per heavy atom. The summed E-state index contributed by atoms with van der Waals surface area (Å²) in [4.78, 5) is 14.2. The molecule has 1 aliphatic heterocycles. The molecule has 1 N–H and O–H groups in total. The van der Waals surface area contributed by atoms with E-state index in [1.54, 1.807) is 6.92 Å². The number of hydrogen-bond acceptors (Lipinski definition) is 4. The van der Waals surface area contributed by atoms with Crippen LogP contribution < -0.4 is 10.4 Å². The number of aliphatic imine (C=N–C) groups is 1. The maximum Gasteiger partial charge on any atom is 0.0936 e. The molecule has 4 nitrogen and oxygen atoms in total. The van der Waals surface area contributed by atoms with Crippen molar-refractivity contribution in [1.29, 1.82) is 0 Å². The fraction of sp³-hybridized carbons (Fsp3) is 0.714. The topological polar surface area (TPSA) is 64.5 Å². The molecule has 1 rings (SSSR count). The normalized spacial score (nSPS) is 22.6. The van der Waals surface area contributed by atoms with Gasteiger partial charge in [0, 0.05) is 6.54 Å². The SMILES string of the molecule is C.CC1=NCC[C@@H](C(=O)[O-])N1. The molecule has 0 aromatic carbocycles. The molecule has 0 aromatic rings. The van der Waals surface area contributed by atoms with Crippen molar-refractivity contribution in [2.24, 2.45) is 4.99 Å². The molecule has 0 aliphatic carbocycles. The Morgan fingerprint density at radius 2 is 2.45 bits per heavy atom. The Kier molecular flexibility index (Phi) is 3.57. The smallest absolute Gasteiger partial charge is 0.0936 e. The van der Waals surface area contributed by atoms with Crippen LogP contribution in [0.25, 0.3) is 0 Å². The van der Waals surface area contributed by atoms with E-state index in [2.05, 4.69) is 10.3 Å². The molecule has 0 aromatic heterocycles. The van der Waals surface area contributed by atoms with Crippen LogP contribution in [0.2, 0.25) is 0 Å². The average molecular weight is 157 g/mol. The van der Waals surface area contributed by atoms with Crippen molar-refractivity contribution in [3.8, 4) is 0 Å². The first kappa shape index (κ1) is 9.94. The van der Waals surface area contributed by atoms with E-state index in [4.69, 9.17) is 0 Å². The number of hydrogen-bond donors (Lipinski definition) is 1. The summed E-state index contributed by atoms with van der Waals surface area (Å²) in [7, 11) is 0. The second kappa shape index (κ2) is 3.95. The molecule has 0 bridgehead atoms. The lowest BCUT2D eigenvalue weighted by molar-refractivity contribution is -0.308. The third-order valence-electron chi connectivity index (χ3n) is 1.43. The van der Waals surface area contributed by atoms with Crippen LogP contribution in [-0.2, 0) is 4.79 Å². The number of aliphatic carboxylic acids is 1. The summed E-state index contributed by atoms with van der Waals surface area (Å²) >= 11 is 0. The lowest BCUT2D eigenvalue weighted by Crippen LogP contribution is -2.49. The van der Waals surface area contributed by atoms with Crippen molar-refractivity contribution in [2.45, 2.75) is 26.8 Å². The fourth-order valence-corrected chi connectivity index (χ4v) is 0.908. The van der Waals surface area contributed by atoms with Crippen molar-refractivity contribution >= 4 is 11.8 Å². The molecule has 0 saturated heterocycles. The standard InChI is InChI=1S/C6H10N2O2.CH4/c1-4-7-3-2-5(8-4)6(9)10;/h5H,2-3H2,1H3,(H,7,8)(H,9,10);1H4/p-1/t5-;/m0./s1. The summed E-state index contributed by atoms with van der Waals surface area (Å²) in [5.74, 6) is -0.366. The van der Waals surface area contributed by atoms with E-state index in [9.17, 15) is 9.90 Å². The van der Waals surface area contributed by atoms with Gasteiger partial charge in [0.15, 0.2) is 0 Å². The highest BCUT2D eigenvalue weighted by Crippen LogP contribution is 1.97. The van der Waals surface area contributed by atoms with Crippen LogP contribution in [0, 0.1) is 0 Å². The first-order valence-electron chi connectivity index (χ1n) is 3.18. The number of amidine groups is 1. The Hall–Kier alpha value is -1.06. The lowest BCUT2D eigenvalue weighted by Gasteiger charge is -2.23. The van der Waals surface area contributed by atoms with Gasteiger partial charge in [-0.3, -0.25) is 4.99 Å². The van der Waals surface area contributed by atoms with Crippen molar-refractivity contribution in [3.05, 3.63) is 0 Å². The van der Waals surface area contributed by atoms with E-state index < -0.39 is 12.0 Å². The van der Waals surface area contributed by atoms with Gasteiger partial charge in [0.25, 0.3) is 0 Å². The molecule has 1 aliphatic rings. The van der Waals surface area contributed by atoms with Crippen LogP contribution in [0.5, 0.6) is 0 Å². The average Bonchev–Trinajstić information content (AvgIpc) is 1.88. The molecule has 11 heavy (non-hydrogen) atoms. The number of nitrogens with one attached hydrogen (secondary N) is 1. The van der Waals surface area contributed by atoms with Crippen molar-refractivity contribution in [1.82, 2.24) is 5.32 Å². The number of carbonyl (C=O) groups excluding carboxylic acids is 1. The van der Waals surface area contributed by atoms with Gasteiger partial charge < -0.3 is 15.2 Å². The Morgan fingerprint density at radius 1 is 1.82 bits per heavy atom. The zero-order chi connectivity index (χ0) is 7.56. The van der Waals surface area contributed by atoms with E-state index in [-0.39, 0.29) is 7.43 Å². The van der Waals surface area contributed by atoms with E-state index >= 15 is 0 Å². The molecule has 0 fully saturated rings. The van der Waals surface area contributed by atoms with Gasteiger partial charge in [0.2, 0.25) is 0 Å². The minimum absolute atomic E-state index is 0. The minimum Gasteiger partial charge on any atom is -0.548 e. The predicted octanol–water partition coefficient (Wildman–Crippen LogP) is -0.847. The van der Waals surface area contributed by atoms with Crippen LogP contribution in [0.3, 0.4) is 0 Å². The zero-order valence-electron chi connectivity index (χ0n) is 5.76. The molecule has 0 unspecified atom stereocenters. The molecular formula is C7H13N2O2-. The molecule has 0 radical (unpaired) electrons. The van der Waals surface area contributed by atoms with Crippen LogP contribution in [0.4, 0.5) is 0 Å². The maximum atomic E-state index is 10.3. The highest BCUT2D eigenvalue weighted by molar-refractivity contribution is 5.85. The van der Waals surface area contributed by atoms with Gasteiger partial charge in [-0.25, -0.2) is 0 Å². The van der Waals surface area contributed by atoms with Crippen LogP contribution in [-0.4, -0.2) is 24.4 Å². The number of carboxylic acid groups (broad SMARTS) is 1. The van der Waals surface area contributed by atoms with Gasteiger partial charge in [-0.15, -0.1) is 0 Å². The maximum absolute atomic E-state index is 10.3. The molecule has 0 saturated carbocycles. The summed E-state index contributed by atoms with van der Waals surface area (Å²) in [5.41, 5.74) is 0. The largest absolute Gasteiger partial charge is 0.548 e.